The first-order chi connectivity index (χ1) is 5.86. The molecule has 1 aromatic rings. The van der Waals surface area contributed by atoms with Crippen LogP contribution in [0.1, 0.15) is 20.3 Å². The van der Waals surface area contributed by atoms with Crippen LogP contribution in [0.4, 0.5) is 0 Å². The van der Waals surface area contributed by atoms with Gasteiger partial charge in [0.05, 0.1) is 5.76 Å². The summed E-state index contributed by atoms with van der Waals surface area (Å²) in [5.74, 6) is 1.85. The van der Waals surface area contributed by atoms with Gasteiger partial charge in [0.2, 0.25) is 0 Å². The maximum atomic E-state index is 5.54. The molecule has 0 bridgehead atoms. The fourth-order valence-electron chi connectivity index (χ4n) is 0.927. The molecular formula is C11H13O. The predicted molar refractivity (Wildman–Crippen MR) is 50.0 cm³/mol. The highest BCUT2D eigenvalue weighted by molar-refractivity contribution is 5.22. The van der Waals surface area contributed by atoms with E-state index in [0.29, 0.717) is 0 Å². The molecule has 12 heavy (non-hydrogen) atoms. The molecule has 0 spiro atoms. The van der Waals surface area contributed by atoms with Crippen LogP contribution in [0.2, 0.25) is 0 Å². The zero-order valence-corrected chi connectivity index (χ0v) is 7.50. The lowest BCUT2D eigenvalue weighted by Crippen LogP contribution is -1.92. The first-order valence-corrected chi connectivity index (χ1v) is 4.16. The van der Waals surface area contributed by atoms with Crippen LogP contribution in [-0.2, 0) is 0 Å². The molecule has 1 rings (SSSR count). The SMILES string of the molecule is CC=C(CC)Oc1c[c]ccc1. The normalized spacial score (nSPS) is 11.3. The summed E-state index contributed by atoms with van der Waals surface area (Å²) in [6.07, 6.45) is 2.90. The smallest absolute Gasteiger partial charge is 0.127 e. The molecule has 0 aromatic heterocycles. The van der Waals surface area contributed by atoms with E-state index in [1.165, 1.54) is 0 Å². The number of benzene rings is 1. The van der Waals surface area contributed by atoms with Crippen molar-refractivity contribution >= 4 is 0 Å². The number of hydrogen-bond acceptors (Lipinski definition) is 1. The Morgan fingerprint density at radius 1 is 1.67 bits per heavy atom. The van der Waals surface area contributed by atoms with E-state index in [0.717, 1.165) is 17.9 Å². The average molecular weight is 161 g/mol. The molecule has 63 valence electrons. The van der Waals surface area contributed by atoms with Crippen molar-refractivity contribution in [3.8, 4) is 5.75 Å². The third-order valence-corrected chi connectivity index (χ3v) is 1.60. The molecule has 0 atom stereocenters. The van der Waals surface area contributed by atoms with Crippen LogP contribution in [0, 0.1) is 6.07 Å². The molecule has 0 aliphatic rings. The summed E-state index contributed by atoms with van der Waals surface area (Å²) < 4.78 is 5.54. The van der Waals surface area contributed by atoms with Gasteiger partial charge in [-0.2, -0.15) is 0 Å². The lowest BCUT2D eigenvalue weighted by molar-refractivity contribution is 0.408. The third kappa shape index (κ3) is 2.42. The molecule has 0 aliphatic heterocycles. The first-order valence-electron chi connectivity index (χ1n) is 4.16. The number of rotatable bonds is 3. The maximum Gasteiger partial charge on any atom is 0.127 e. The maximum absolute atomic E-state index is 5.54. The second kappa shape index (κ2) is 4.60. The average Bonchev–Trinajstić information content (AvgIpc) is 2.16. The summed E-state index contributed by atoms with van der Waals surface area (Å²) in [5, 5.41) is 0. The minimum atomic E-state index is 0.854. The third-order valence-electron chi connectivity index (χ3n) is 1.60. The second-order valence-corrected chi connectivity index (χ2v) is 2.45. The van der Waals surface area contributed by atoms with Crippen molar-refractivity contribution in [1.82, 2.24) is 0 Å². The van der Waals surface area contributed by atoms with Gasteiger partial charge in [0.1, 0.15) is 5.75 Å². The van der Waals surface area contributed by atoms with E-state index in [1.54, 1.807) is 0 Å². The number of ether oxygens (including phenoxy) is 1. The molecule has 0 heterocycles. The van der Waals surface area contributed by atoms with Crippen LogP contribution < -0.4 is 4.74 Å². The van der Waals surface area contributed by atoms with Gasteiger partial charge in [0.25, 0.3) is 0 Å². The second-order valence-electron chi connectivity index (χ2n) is 2.45. The van der Waals surface area contributed by atoms with Gasteiger partial charge < -0.3 is 4.74 Å². The zero-order chi connectivity index (χ0) is 8.81. The highest BCUT2D eigenvalue weighted by atomic mass is 16.5. The summed E-state index contributed by atoms with van der Waals surface area (Å²) in [5.41, 5.74) is 0. The van der Waals surface area contributed by atoms with E-state index in [4.69, 9.17) is 4.74 Å². The molecule has 0 amide bonds. The van der Waals surface area contributed by atoms with E-state index in [1.807, 2.05) is 37.3 Å². The van der Waals surface area contributed by atoms with Crippen LogP contribution >= 0.6 is 0 Å². The molecule has 1 heteroatoms. The zero-order valence-electron chi connectivity index (χ0n) is 7.50. The summed E-state index contributed by atoms with van der Waals surface area (Å²) in [6, 6.07) is 10.5. The fourth-order valence-corrected chi connectivity index (χ4v) is 0.927. The van der Waals surface area contributed by atoms with Gasteiger partial charge in [-0.05, 0) is 31.2 Å². The quantitative estimate of drug-likeness (QED) is 0.619. The van der Waals surface area contributed by atoms with E-state index < -0.39 is 0 Å². The molecule has 0 N–H and O–H groups in total. The fraction of sp³-hybridized carbons (Fsp3) is 0.273. The van der Waals surface area contributed by atoms with E-state index >= 15 is 0 Å². The van der Waals surface area contributed by atoms with Gasteiger partial charge in [-0.1, -0.05) is 19.1 Å². The van der Waals surface area contributed by atoms with Crippen LogP contribution in [0.15, 0.2) is 36.1 Å². The van der Waals surface area contributed by atoms with Crippen LogP contribution in [0.25, 0.3) is 0 Å². The molecule has 1 nitrogen and oxygen atoms in total. The minimum absolute atomic E-state index is 0.854. The first kappa shape index (κ1) is 8.85. The molecule has 1 radical (unpaired) electrons. The van der Waals surface area contributed by atoms with Crippen molar-refractivity contribution in [3.63, 3.8) is 0 Å². The van der Waals surface area contributed by atoms with Crippen LogP contribution in [-0.4, -0.2) is 0 Å². The van der Waals surface area contributed by atoms with E-state index in [2.05, 4.69) is 13.0 Å². The molecule has 0 fully saturated rings. The van der Waals surface area contributed by atoms with Gasteiger partial charge in [-0.25, -0.2) is 0 Å². The van der Waals surface area contributed by atoms with Gasteiger partial charge in [0.15, 0.2) is 0 Å². The molecule has 0 saturated carbocycles. The van der Waals surface area contributed by atoms with E-state index in [9.17, 15) is 0 Å². The van der Waals surface area contributed by atoms with Crippen molar-refractivity contribution in [1.29, 1.82) is 0 Å². The highest BCUT2D eigenvalue weighted by Gasteiger charge is 1.94. The lowest BCUT2D eigenvalue weighted by Gasteiger charge is -2.06. The molecule has 0 unspecified atom stereocenters. The lowest BCUT2D eigenvalue weighted by atomic mass is 10.3. The summed E-state index contributed by atoms with van der Waals surface area (Å²) in [4.78, 5) is 0. The number of hydrogen-bond donors (Lipinski definition) is 0. The minimum Gasteiger partial charge on any atom is -0.462 e. The highest BCUT2D eigenvalue weighted by Crippen LogP contribution is 2.13. The summed E-state index contributed by atoms with van der Waals surface area (Å²) in [7, 11) is 0. The summed E-state index contributed by atoms with van der Waals surface area (Å²) in [6.45, 7) is 4.05. The molecule has 0 saturated heterocycles. The Bertz CT molecular complexity index is 249. The predicted octanol–water partition coefficient (Wildman–Crippen LogP) is 3.18. The summed E-state index contributed by atoms with van der Waals surface area (Å²) >= 11 is 0. The van der Waals surface area contributed by atoms with Crippen molar-refractivity contribution < 1.29 is 4.74 Å². The van der Waals surface area contributed by atoms with E-state index in [-0.39, 0.29) is 0 Å². The molecular weight excluding hydrogens is 148 g/mol. The van der Waals surface area contributed by atoms with Gasteiger partial charge >= 0.3 is 0 Å². The Morgan fingerprint density at radius 2 is 2.50 bits per heavy atom. The van der Waals surface area contributed by atoms with Crippen molar-refractivity contribution in [2.75, 3.05) is 0 Å². The van der Waals surface area contributed by atoms with Crippen LogP contribution in [0.3, 0.4) is 0 Å². The van der Waals surface area contributed by atoms with Crippen molar-refractivity contribution in [3.05, 3.63) is 42.2 Å². The van der Waals surface area contributed by atoms with Gasteiger partial charge in [0, 0.05) is 6.42 Å². The topological polar surface area (TPSA) is 9.23 Å². The van der Waals surface area contributed by atoms with Gasteiger partial charge in [-0.3, -0.25) is 0 Å². The number of allylic oxidation sites excluding steroid dienone is 2. The molecule has 0 aliphatic carbocycles. The Kier molecular flexibility index (Phi) is 3.39. The van der Waals surface area contributed by atoms with Crippen molar-refractivity contribution in [2.24, 2.45) is 0 Å². The Balaban J connectivity index is 2.64. The Labute approximate surface area is 73.7 Å². The van der Waals surface area contributed by atoms with Crippen LogP contribution in [0.5, 0.6) is 5.75 Å². The standard InChI is InChI=1S/C11H13O/c1-3-10(4-2)12-11-8-6-5-7-9-11/h3,5-6,8-9H,4H2,1-2H3. The Hall–Kier alpha value is -1.24. The Morgan fingerprint density at radius 3 is 3.00 bits per heavy atom. The molecule has 1 aromatic carbocycles. The monoisotopic (exact) mass is 161 g/mol. The largest absolute Gasteiger partial charge is 0.462 e. The van der Waals surface area contributed by atoms with Crippen molar-refractivity contribution in [2.45, 2.75) is 20.3 Å². The van der Waals surface area contributed by atoms with Gasteiger partial charge in [-0.15, -0.1) is 0 Å².